The second-order valence-corrected chi connectivity index (χ2v) is 6.49. The molecule has 0 spiro atoms. The number of halogens is 3. The van der Waals surface area contributed by atoms with Crippen molar-refractivity contribution in [3.05, 3.63) is 35.4 Å². The predicted molar refractivity (Wildman–Crippen MR) is 84.4 cm³/mol. The molecule has 0 radical (unpaired) electrons. The Morgan fingerprint density at radius 3 is 2.71 bits per heavy atom. The first-order chi connectivity index (χ1) is 11.5. The van der Waals surface area contributed by atoms with Crippen molar-refractivity contribution in [3.8, 4) is 0 Å². The number of piperazine rings is 1. The molecule has 24 heavy (non-hydrogen) atoms. The summed E-state index contributed by atoms with van der Waals surface area (Å²) in [5.41, 5.74) is -0.676. The van der Waals surface area contributed by atoms with Crippen LogP contribution in [0.3, 0.4) is 0 Å². The lowest BCUT2D eigenvalue weighted by Crippen LogP contribution is -2.52. The molecule has 0 aromatic heterocycles. The number of hydrogen-bond acceptors (Lipinski definition) is 3. The van der Waals surface area contributed by atoms with Gasteiger partial charge < -0.3 is 10.6 Å². The third kappa shape index (κ3) is 3.72. The molecule has 0 aliphatic carbocycles. The number of rotatable bonds is 3. The molecule has 0 saturated carbocycles. The van der Waals surface area contributed by atoms with Crippen LogP contribution in [0.1, 0.15) is 30.0 Å². The molecule has 2 N–H and O–H groups in total. The summed E-state index contributed by atoms with van der Waals surface area (Å²) in [6.07, 6.45) is -2.36. The molecule has 7 heteroatoms. The first kappa shape index (κ1) is 17.2. The van der Waals surface area contributed by atoms with Crippen molar-refractivity contribution < 1.29 is 18.0 Å². The maximum absolute atomic E-state index is 13.4. The molecular formula is C17H22F3N3O. The maximum Gasteiger partial charge on any atom is 0.416 e. The Balaban J connectivity index is 1.88. The number of amides is 1. The van der Waals surface area contributed by atoms with Gasteiger partial charge in [-0.15, -0.1) is 0 Å². The van der Waals surface area contributed by atoms with Crippen molar-refractivity contribution >= 4 is 5.91 Å². The van der Waals surface area contributed by atoms with Gasteiger partial charge in [0.25, 0.3) is 0 Å². The summed E-state index contributed by atoms with van der Waals surface area (Å²) in [4.78, 5) is 14.3. The van der Waals surface area contributed by atoms with E-state index in [1.807, 2.05) is 4.90 Å². The lowest BCUT2D eigenvalue weighted by atomic mass is 9.93. The molecule has 132 valence electrons. The molecule has 2 fully saturated rings. The lowest BCUT2D eigenvalue weighted by Gasteiger charge is -2.39. The van der Waals surface area contributed by atoms with E-state index in [1.54, 1.807) is 6.07 Å². The van der Waals surface area contributed by atoms with Crippen LogP contribution in [0.25, 0.3) is 0 Å². The summed E-state index contributed by atoms with van der Waals surface area (Å²) in [6.45, 7) is 3.52. The van der Waals surface area contributed by atoms with Crippen molar-refractivity contribution in [2.75, 3.05) is 32.7 Å². The van der Waals surface area contributed by atoms with Gasteiger partial charge in [0.15, 0.2) is 0 Å². The van der Waals surface area contributed by atoms with Crippen molar-refractivity contribution in [1.29, 1.82) is 0 Å². The fourth-order valence-electron chi connectivity index (χ4n) is 3.65. The van der Waals surface area contributed by atoms with Crippen molar-refractivity contribution in [2.24, 2.45) is 5.92 Å². The number of alkyl halides is 3. The van der Waals surface area contributed by atoms with Crippen molar-refractivity contribution in [3.63, 3.8) is 0 Å². The van der Waals surface area contributed by atoms with Gasteiger partial charge in [-0.2, -0.15) is 13.2 Å². The quantitative estimate of drug-likeness (QED) is 0.886. The predicted octanol–water partition coefficient (Wildman–Crippen LogP) is 2.18. The Morgan fingerprint density at radius 2 is 2.00 bits per heavy atom. The monoisotopic (exact) mass is 341 g/mol. The van der Waals surface area contributed by atoms with E-state index < -0.39 is 17.8 Å². The van der Waals surface area contributed by atoms with E-state index >= 15 is 0 Å². The number of nitrogens with zero attached hydrogens (tertiary/aromatic N) is 1. The highest BCUT2D eigenvalue weighted by Crippen LogP contribution is 2.37. The SMILES string of the molecule is O=C1NCCN(CC2CCCNC2)C1c1ccccc1C(F)(F)F. The molecular weight excluding hydrogens is 319 g/mol. The third-order valence-electron chi connectivity index (χ3n) is 4.76. The van der Waals surface area contributed by atoms with Crippen LogP contribution in [-0.4, -0.2) is 43.5 Å². The molecule has 4 nitrogen and oxygen atoms in total. The van der Waals surface area contributed by atoms with E-state index in [4.69, 9.17) is 0 Å². The smallest absolute Gasteiger partial charge is 0.353 e. The van der Waals surface area contributed by atoms with Crippen molar-refractivity contribution in [2.45, 2.75) is 25.1 Å². The van der Waals surface area contributed by atoms with Gasteiger partial charge in [-0.3, -0.25) is 9.69 Å². The van der Waals surface area contributed by atoms with Crippen LogP contribution >= 0.6 is 0 Å². The van der Waals surface area contributed by atoms with Gasteiger partial charge in [-0.1, -0.05) is 18.2 Å². The summed E-state index contributed by atoms with van der Waals surface area (Å²) in [5, 5.41) is 6.03. The average Bonchev–Trinajstić information content (AvgIpc) is 2.55. The van der Waals surface area contributed by atoms with Gasteiger partial charge in [0.2, 0.25) is 5.91 Å². The molecule has 2 saturated heterocycles. The standard InChI is InChI=1S/C17H22F3N3O/c18-17(19,20)14-6-2-1-5-13(14)15-16(24)22-8-9-23(15)11-12-4-3-7-21-10-12/h1-2,5-6,12,15,21H,3-4,7-11H2,(H,22,24). The summed E-state index contributed by atoms with van der Waals surface area (Å²) in [5.74, 6) is 0.0203. The van der Waals surface area contributed by atoms with Crippen LogP contribution in [0.4, 0.5) is 13.2 Å². The topological polar surface area (TPSA) is 44.4 Å². The number of hydrogen-bond donors (Lipinski definition) is 2. The van der Waals surface area contributed by atoms with Crippen LogP contribution in [-0.2, 0) is 11.0 Å². The Bertz CT molecular complexity index is 585. The van der Waals surface area contributed by atoms with Crippen LogP contribution in [0.2, 0.25) is 0 Å². The van der Waals surface area contributed by atoms with Gasteiger partial charge in [-0.05, 0) is 43.5 Å². The summed E-state index contributed by atoms with van der Waals surface area (Å²) >= 11 is 0. The molecule has 1 amide bonds. The first-order valence-electron chi connectivity index (χ1n) is 8.35. The van der Waals surface area contributed by atoms with Gasteiger partial charge in [0.05, 0.1) is 5.56 Å². The highest BCUT2D eigenvalue weighted by atomic mass is 19.4. The summed E-state index contributed by atoms with van der Waals surface area (Å²) in [7, 11) is 0. The maximum atomic E-state index is 13.4. The minimum Gasteiger partial charge on any atom is -0.353 e. The fourth-order valence-corrected chi connectivity index (χ4v) is 3.65. The van der Waals surface area contributed by atoms with E-state index in [0.717, 1.165) is 32.0 Å². The minimum absolute atomic E-state index is 0.0472. The van der Waals surface area contributed by atoms with E-state index in [2.05, 4.69) is 10.6 Å². The molecule has 0 bridgehead atoms. The molecule has 1 aromatic rings. The largest absolute Gasteiger partial charge is 0.416 e. The van der Waals surface area contributed by atoms with E-state index in [1.165, 1.54) is 12.1 Å². The Hall–Kier alpha value is -1.60. The number of piperidine rings is 1. The normalized spacial score (nSPS) is 26.2. The molecule has 2 atom stereocenters. The van der Waals surface area contributed by atoms with Crippen LogP contribution < -0.4 is 10.6 Å². The van der Waals surface area contributed by atoms with Crippen LogP contribution in [0.5, 0.6) is 0 Å². The Labute approximate surface area is 139 Å². The van der Waals surface area contributed by atoms with Gasteiger partial charge >= 0.3 is 6.18 Å². The van der Waals surface area contributed by atoms with E-state index in [-0.39, 0.29) is 11.5 Å². The van der Waals surface area contributed by atoms with E-state index in [9.17, 15) is 18.0 Å². The molecule has 2 aliphatic heterocycles. The van der Waals surface area contributed by atoms with Gasteiger partial charge in [0, 0.05) is 19.6 Å². The summed E-state index contributed by atoms with van der Waals surface area (Å²) in [6, 6.07) is 4.52. The highest BCUT2D eigenvalue weighted by Gasteiger charge is 2.40. The zero-order valence-electron chi connectivity index (χ0n) is 13.4. The molecule has 3 rings (SSSR count). The molecule has 2 unspecified atom stereocenters. The zero-order chi connectivity index (χ0) is 17.2. The minimum atomic E-state index is -4.47. The fraction of sp³-hybridized carbons (Fsp3) is 0.588. The summed E-state index contributed by atoms with van der Waals surface area (Å²) < 4.78 is 40.1. The number of nitrogens with one attached hydrogen (secondary N) is 2. The zero-order valence-corrected chi connectivity index (χ0v) is 13.4. The van der Waals surface area contributed by atoms with Gasteiger partial charge in [0.1, 0.15) is 6.04 Å². The average molecular weight is 341 g/mol. The molecule has 2 heterocycles. The lowest BCUT2D eigenvalue weighted by molar-refractivity contribution is -0.140. The Morgan fingerprint density at radius 1 is 1.21 bits per heavy atom. The second-order valence-electron chi connectivity index (χ2n) is 6.49. The van der Waals surface area contributed by atoms with Crippen molar-refractivity contribution in [1.82, 2.24) is 15.5 Å². The second kappa shape index (κ2) is 7.11. The first-order valence-corrected chi connectivity index (χ1v) is 8.35. The number of carbonyl (C=O) groups excluding carboxylic acids is 1. The van der Waals surface area contributed by atoms with E-state index in [0.29, 0.717) is 25.6 Å². The highest BCUT2D eigenvalue weighted by molar-refractivity contribution is 5.84. The van der Waals surface area contributed by atoms with Crippen LogP contribution in [0, 0.1) is 5.92 Å². The molecule has 2 aliphatic rings. The van der Waals surface area contributed by atoms with Gasteiger partial charge in [-0.25, -0.2) is 0 Å². The Kier molecular flexibility index (Phi) is 5.10. The third-order valence-corrected chi connectivity index (χ3v) is 4.76. The number of benzene rings is 1. The van der Waals surface area contributed by atoms with Crippen LogP contribution in [0.15, 0.2) is 24.3 Å². The molecule has 1 aromatic carbocycles. The number of carbonyl (C=O) groups is 1.